The molecule has 22 heavy (non-hydrogen) atoms. The molecule has 0 atom stereocenters. The van der Waals surface area contributed by atoms with Crippen LogP contribution in [0.5, 0.6) is 0 Å². The van der Waals surface area contributed by atoms with Crippen LogP contribution in [0.3, 0.4) is 0 Å². The van der Waals surface area contributed by atoms with Crippen LogP contribution in [0.15, 0.2) is 9.98 Å². The molecule has 0 aliphatic heterocycles. The van der Waals surface area contributed by atoms with Crippen LogP contribution in [-0.4, -0.2) is 23.9 Å². The zero-order valence-electron chi connectivity index (χ0n) is 13.8. The molecule has 2 aliphatic carbocycles. The average Bonchev–Trinajstić information content (AvgIpc) is 2.48. The van der Waals surface area contributed by atoms with Gasteiger partial charge in [-0.05, 0) is 25.7 Å². The van der Waals surface area contributed by atoms with E-state index in [2.05, 4.69) is 9.98 Å². The standard InChI is InChI=1S/C16H28N2O3P/c1-13(17-15-9-5-3-6-10-15)20-22(19)21-14(2)18-16-11-7-4-8-12-16/h15-16H,3-12H2,1-2H3/q+1. The van der Waals surface area contributed by atoms with E-state index >= 15 is 0 Å². The van der Waals surface area contributed by atoms with Gasteiger partial charge in [0.15, 0.2) is 0 Å². The van der Waals surface area contributed by atoms with Crippen molar-refractivity contribution in [2.24, 2.45) is 9.98 Å². The molecule has 0 aromatic carbocycles. The van der Waals surface area contributed by atoms with E-state index in [1.54, 1.807) is 13.8 Å². The first-order chi connectivity index (χ1) is 10.6. The lowest BCUT2D eigenvalue weighted by molar-refractivity contribution is 0.388. The molecular formula is C16H28N2O3P+. The fraction of sp³-hybridized carbons (Fsp3) is 0.875. The zero-order valence-corrected chi connectivity index (χ0v) is 14.7. The SMILES string of the molecule is CC(=NC1CCCCC1)O[P+](=O)OC(C)=NC1CCCCC1. The van der Waals surface area contributed by atoms with Crippen LogP contribution >= 0.6 is 8.25 Å². The molecule has 5 nitrogen and oxygen atoms in total. The molecule has 2 aliphatic rings. The Kier molecular flexibility index (Phi) is 7.31. The van der Waals surface area contributed by atoms with Crippen molar-refractivity contribution in [1.82, 2.24) is 0 Å². The molecule has 0 radical (unpaired) electrons. The molecule has 2 fully saturated rings. The summed E-state index contributed by atoms with van der Waals surface area (Å²) in [5.41, 5.74) is 0. The van der Waals surface area contributed by atoms with Gasteiger partial charge in [-0.25, -0.2) is 19.0 Å². The first-order valence-corrected chi connectivity index (χ1v) is 9.65. The fourth-order valence-electron chi connectivity index (χ4n) is 3.22. The second-order valence-electron chi connectivity index (χ2n) is 6.29. The molecule has 0 N–H and O–H groups in total. The molecule has 2 rings (SSSR count). The summed E-state index contributed by atoms with van der Waals surface area (Å²) in [7, 11) is -2.22. The summed E-state index contributed by atoms with van der Waals surface area (Å²) >= 11 is 0. The van der Waals surface area contributed by atoms with Crippen molar-refractivity contribution in [2.45, 2.75) is 90.1 Å². The van der Waals surface area contributed by atoms with Crippen molar-refractivity contribution in [2.75, 3.05) is 0 Å². The number of hydrogen-bond acceptors (Lipinski definition) is 5. The third-order valence-electron chi connectivity index (χ3n) is 4.29. The maximum absolute atomic E-state index is 11.9. The van der Waals surface area contributed by atoms with Crippen LogP contribution < -0.4 is 0 Å². The molecule has 0 spiro atoms. The molecule has 0 unspecified atom stereocenters. The van der Waals surface area contributed by atoms with Gasteiger partial charge in [0.2, 0.25) is 0 Å². The topological polar surface area (TPSA) is 60.2 Å². The largest absolute Gasteiger partial charge is 0.807 e. The van der Waals surface area contributed by atoms with Crippen molar-refractivity contribution >= 4 is 20.1 Å². The summed E-state index contributed by atoms with van der Waals surface area (Å²) < 4.78 is 22.4. The lowest BCUT2D eigenvalue weighted by atomic mass is 9.96. The molecule has 0 bridgehead atoms. The van der Waals surface area contributed by atoms with Crippen molar-refractivity contribution in [1.29, 1.82) is 0 Å². The average molecular weight is 327 g/mol. The Bertz CT molecular complexity index is 387. The van der Waals surface area contributed by atoms with Crippen molar-refractivity contribution in [3.63, 3.8) is 0 Å². The van der Waals surface area contributed by atoms with Gasteiger partial charge in [0.05, 0.1) is 12.1 Å². The Morgan fingerprint density at radius 1 is 0.773 bits per heavy atom. The Morgan fingerprint density at radius 3 is 1.50 bits per heavy atom. The van der Waals surface area contributed by atoms with E-state index in [9.17, 15) is 4.57 Å². The summed E-state index contributed by atoms with van der Waals surface area (Å²) in [4.78, 5) is 8.98. The molecule has 0 saturated heterocycles. The number of rotatable bonds is 4. The molecular weight excluding hydrogens is 299 g/mol. The summed E-state index contributed by atoms with van der Waals surface area (Å²) in [5.74, 6) is 0.914. The van der Waals surface area contributed by atoms with Crippen LogP contribution in [0.1, 0.15) is 78.1 Å². The minimum atomic E-state index is -2.22. The van der Waals surface area contributed by atoms with Gasteiger partial charge in [0.1, 0.15) is 0 Å². The van der Waals surface area contributed by atoms with Gasteiger partial charge in [0, 0.05) is 18.4 Å². The van der Waals surface area contributed by atoms with E-state index in [1.165, 1.54) is 38.5 Å². The number of nitrogens with zero attached hydrogens (tertiary/aromatic N) is 2. The highest BCUT2D eigenvalue weighted by atomic mass is 31.1. The van der Waals surface area contributed by atoms with Crippen LogP contribution in [0.4, 0.5) is 0 Å². The predicted molar refractivity (Wildman–Crippen MR) is 89.7 cm³/mol. The van der Waals surface area contributed by atoms with E-state index in [1.807, 2.05) is 0 Å². The van der Waals surface area contributed by atoms with Crippen LogP contribution in [0.2, 0.25) is 0 Å². The Hall–Kier alpha value is -0.960. The maximum Gasteiger partial charge on any atom is 0.807 e. The normalized spacial score (nSPS) is 23.3. The molecule has 0 amide bonds. The van der Waals surface area contributed by atoms with Crippen LogP contribution in [-0.2, 0) is 13.6 Å². The summed E-state index contributed by atoms with van der Waals surface area (Å²) in [6.45, 7) is 3.50. The lowest BCUT2D eigenvalue weighted by Crippen LogP contribution is -2.13. The third kappa shape index (κ3) is 6.43. The smallest absolute Gasteiger partial charge is 0.248 e. The zero-order chi connectivity index (χ0) is 15.8. The minimum Gasteiger partial charge on any atom is -0.248 e. The highest BCUT2D eigenvalue weighted by molar-refractivity contribution is 7.34. The predicted octanol–water partition coefficient (Wildman–Crippen LogP) is 5.18. The van der Waals surface area contributed by atoms with Crippen molar-refractivity contribution in [3.8, 4) is 0 Å². The maximum atomic E-state index is 11.9. The van der Waals surface area contributed by atoms with E-state index in [4.69, 9.17) is 9.05 Å². The van der Waals surface area contributed by atoms with Gasteiger partial charge in [-0.15, -0.1) is 0 Å². The minimum absolute atomic E-state index is 0.314. The highest BCUT2D eigenvalue weighted by Crippen LogP contribution is 2.28. The first kappa shape index (κ1) is 17.4. The van der Waals surface area contributed by atoms with Gasteiger partial charge in [0.25, 0.3) is 11.8 Å². The lowest BCUT2D eigenvalue weighted by Gasteiger charge is -2.17. The van der Waals surface area contributed by atoms with Crippen molar-refractivity contribution in [3.05, 3.63) is 0 Å². The van der Waals surface area contributed by atoms with Crippen LogP contribution in [0, 0.1) is 0 Å². The van der Waals surface area contributed by atoms with Gasteiger partial charge < -0.3 is 0 Å². The second kappa shape index (κ2) is 9.24. The molecule has 0 aromatic rings. The van der Waals surface area contributed by atoms with E-state index in [0.717, 1.165) is 25.7 Å². The van der Waals surface area contributed by atoms with Gasteiger partial charge in [-0.3, -0.25) is 0 Å². The third-order valence-corrected chi connectivity index (χ3v) is 5.12. The summed E-state index contributed by atoms with van der Waals surface area (Å²) in [6, 6.07) is 0.628. The molecule has 124 valence electrons. The fourth-order valence-corrected chi connectivity index (χ4v) is 3.78. The molecule has 6 heteroatoms. The second-order valence-corrected chi connectivity index (χ2v) is 7.10. The van der Waals surface area contributed by atoms with Gasteiger partial charge in [-0.1, -0.05) is 38.5 Å². The van der Waals surface area contributed by atoms with Crippen LogP contribution in [0.25, 0.3) is 0 Å². The molecule has 2 saturated carbocycles. The monoisotopic (exact) mass is 327 g/mol. The Morgan fingerprint density at radius 2 is 1.14 bits per heavy atom. The first-order valence-electron chi connectivity index (χ1n) is 8.55. The van der Waals surface area contributed by atoms with Gasteiger partial charge in [-0.2, -0.15) is 0 Å². The molecule has 0 aromatic heterocycles. The number of hydrogen-bond donors (Lipinski definition) is 0. The van der Waals surface area contributed by atoms with E-state index in [-0.39, 0.29) is 0 Å². The molecule has 0 heterocycles. The number of aliphatic imine (C=N–C) groups is 2. The summed E-state index contributed by atoms with van der Waals surface area (Å²) in [5, 5.41) is 0. The Labute approximate surface area is 134 Å². The van der Waals surface area contributed by atoms with Gasteiger partial charge >= 0.3 is 8.25 Å². The quantitative estimate of drug-likeness (QED) is 0.406. The highest BCUT2D eigenvalue weighted by Gasteiger charge is 2.27. The van der Waals surface area contributed by atoms with E-state index < -0.39 is 8.25 Å². The Balaban J connectivity index is 1.75. The summed E-state index contributed by atoms with van der Waals surface area (Å²) in [6.07, 6.45) is 11.9. The van der Waals surface area contributed by atoms with E-state index in [0.29, 0.717) is 23.9 Å². The van der Waals surface area contributed by atoms with Crippen molar-refractivity contribution < 1.29 is 13.6 Å².